The Kier molecular flexibility index (Phi) is 5.49. The minimum atomic E-state index is -3.70. The summed E-state index contributed by atoms with van der Waals surface area (Å²) in [5.41, 5.74) is 1.88. The van der Waals surface area contributed by atoms with Gasteiger partial charge in [0.1, 0.15) is 6.10 Å². The van der Waals surface area contributed by atoms with Crippen LogP contribution in [0.5, 0.6) is 0 Å². The van der Waals surface area contributed by atoms with Crippen LogP contribution in [0, 0.1) is 6.92 Å². The SMILES string of the molecule is C=CC[C@H](ONS(=O)(=O)c1ccc(C)cc1)c1ccccc1. The molecule has 0 aliphatic heterocycles. The number of aryl methyl sites for hydroxylation is 1. The van der Waals surface area contributed by atoms with Gasteiger partial charge in [-0.25, -0.2) is 8.42 Å². The largest absolute Gasteiger partial charge is 0.278 e. The van der Waals surface area contributed by atoms with Crippen molar-refractivity contribution in [2.75, 3.05) is 0 Å². The highest BCUT2D eigenvalue weighted by molar-refractivity contribution is 7.89. The lowest BCUT2D eigenvalue weighted by molar-refractivity contribution is 0.0181. The fourth-order valence-corrected chi connectivity index (χ4v) is 2.79. The predicted molar refractivity (Wildman–Crippen MR) is 86.6 cm³/mol. The van der Waals surface area contributed by atoms with Crippen LogP contribution < -0.4 is 4.89 Å². The third kappa shape index (κ3) is 4.27. The number of hydrogen-bond donors (Lipinski definition) is 1. The molecule has 2 aromatic carbocycles. The number of rotatable bonds is 7. The Bertz CT molecular complexity index is 709. The van der Waals surface area contributed by atoms with Gasteiger partial charge in [0.25, 0.3) is 10.0 Å². The van der Waals surface area contributed by atoms with Gasteiger partial charge >= 0.3 is 0 Å². The Morgan fingerprint density at radius 2 is 1.77 bits per heavy atom. The van der Waals surface area contributed by atoms with E-state index in [9.17, 15) is 8.42 Å². The van der Waals surface area contributed by atoms with Crippen LogP contribution in [0.4, 0.5) is 0 Å². The molecule has 0 aliphatic carbocycles. The lowest BCUT2D eigenvalue weighted by atomic mass is 10.1. The molecule has 0 radical (unpaired) electrons. The first-order valence-electron chi connectivity index (χ1n) is 6.93. The van der Waals surface area contributed by atoms with E-state index < -0.39 is 16.1 Å². The third-order valence-corrected chi connectivity index (χ3v) is 4.39. The van der Waals surface area contributed by atoms with Gasteiger partial charge in [0.05, 0.1) is 4.90 Å². The Balaban J connectivity index is 2.11. The topological polar surface area (TPSA) is 55.4 Å². The fraction of sp³-hybridized carbons (Fsp3) is 0.176. The van der Waals surface area contributed by atoms with E-state index in [1.807, 2.05) is 37.3 Å². The van der Waals surface area contributed by atoms with Crippen LogP contribution in [0.3, 0.4) is 0 Å². The molecule has 2 rings (SSSR count). The molecule has 0 spiro atoms. The molecule has 0 heterocycles. The zero-order valence-corrected chi connectivity index (χ0v) is 13.2. The van der Waals surface area contributed by atoms with Gasteiger partial charge < -0.3 is 0 Å². The van der Waals surface area contributed by atoms with Gasteiger partial charge in [-0.2, -0.15) is 0 Å². The molecule has 4 nitrogen and oxygen atoms in total. The van der Waals surface area contributed by atoms with Crippen LogP contribution in [0.15, 0.2) is 72.1 Å². The molecule has 0 aliphatic rings. The van der Waals surface area contributed by atoms with Crippen molar-refractivity contribution >= 4 is 10.0 Å². The molecule has 2 aromatic rings. The Labute approximate surface area is 131 Å². The van der Waals surface area contributed by atoms with Gasteiger partial charge in [-0.05, 0) is 31.0 Å². The second-order valence-electron chi connectivity index (χ2n) is 4.94. The standard InChI is InChI=1S/C17H19NO3S/c1-3-7-17(15-8-5-4-6-9-15)21-18-22(19,20)16-12-10-14(2)11-13-16/h3-6,8-13,17-18H,1,7H2,2H3/t17-/m0/s1. The van der Waals surface area contributed by atoms with E-state index in [0.29, 0.717) is 6.42 Å². The number of nitrogens with one attached hydrogen (secondary N) is 1. The number of benzene rings is 2. The minimum absolute atomic E-state index is 0.170. The molecule has 0 bridgehead atoms. The van der Waals surface area contributed by atoms with E-state index in [-0.39, 0.29) is 4.90 Å². The number of sulfonamides is 1. The number of hydrogen-bond acceptors (Lipinski definition) is 3. The molecule has 0 saturated heterocycles. The molecule has 0 fully saturated rings. The fourth-order valence-electron chi connectivity index (χ4n) is 1.96. The summed E-state index contributed by atoms with van der Waals surface area (Å²) in [5.74, 6) is 0. The summed E-state index contributed by atoms with van der Waals surface area (Å²) in [4.78, 5) is 7.78. The highest BCUT2D eigenvalue weighted by atomic mass is 32.2. The zero-order chi connectivity index (χ0) is 16.0. The average molecular weight is 317 g/mol. The summed E-state index contributed by atoms with van der Waals surface area (Å²) >= 11 is 0. The van der Waals surface area contributed by atoms with Crippen molar-refractivity contribution < 1.29 is 13.3 Å². The van der Waals surface area contributed by atoms with Crippen LogP contribution in [0.1, 0.15) is 23.7 Å². The van der Waals surface area contributed by atoms with Crippen molar-refractivity contribution in [1.82, 2.24) is 4.89 Å². The first-order chi connectivity index (χ1) is 10.5. The van der Waals surface area contributed by atoms with Crippen LogP contribution >= 0.6 is 0 Å². The van der Waals surface area contributed by atoms with Gasteiger partial charge in [-0.15, -0.1) is 6.58 Å². The van der Waals surface area contributed by atoms with Crippen molar-refractivity contribution in [3.05, 3.63) is 78.4 Å². The first-order valence-corrected chi connectivity index (χ1v) is 8.41. The summed E-state index contributed by atoms with van der Waals surface area (Å²) < 4.78 is 24.4. The van der Waals surface area contributed by atoms with Crippen LogP contribution in [-0.4, -0.2) is 8.42 Å². The molecule has 116 valence electrons. The lowest BCUT2D eigenvalue weighted by Gasteiger charge is -2.17. The maximum Gasteiger partial charge on any atom is 0.262 e. The van der Waals surface area contributed by atoms with E-state index in [4.69, 9.17) is 4.84 Å². The monoisotopic (exact) mass is 317 g/mol. The molecular weight excluding hydrogens is 298 g/mol. The smallest absolute Gasteiger partial charge is 0.262 e. The van der Waals surface area contributed by atoms with Crippen LogP contribution in [0.2, 0.25) is 0 Å². The van der Waals surface area contributed by atoms with Gasteiger partial charge in [0, 0.05) is 0 Å². The van der Waals surface area contributed by atoms with Gasteiger partial charge in [0.2, 0.25) is 0 Å². The molecule has 0 saturated carbocycles. The highest BCUT2D eigenvalue weighted by Gasteiger charge is 2.18. The van der Waals surface area contributed by atoms with E-state index in [2.05, 4.69) is 11.5 Å². The second-order valence-corrected chi connectivity index (χ2v) is 6.59. The van der Waals surface area contributed by atoms with E-state index in [0.717, 1.165) is 11.1 Å². The molecule has 0 aromatic heterocycles. The Morgan fingerprint density at radius 3 is 2.36 bits per heavy atom. The Hall–Kier alpha value is -1.95. The molecule has 0 unspecified atom stereocenters. The van der Waals surface area contributed by atoms with Crippen LogP contribution in [0.25, 0.3) is 0 Å². The molecular formula is C17H19NO3S. The average Bonchev–Trinajstić information content (AvgIpc) is 2.53. The summed E-state index contributed by atoms with van der Waals surface area (Å²) in [7, 11) is -3.70. The van der Waals surface area contributed by atoms with Crippen molar-refractivity contribution in [3.63, 3.8) is 0 Å². The van der Waals surface area contributed by atoms with E-state index in [1.54, 1.807) is 30.3 Å². The first kappa shape index (κ1) is 16.4. The molecule has 5 heteroatoms. The van der Waals surface area contributed by atoms with Crippen molar-refractivity contribution in [1.29, 1.82) is 0 Å². The summed E-state index contributed by atoms with van der Waals surface area (Å²) in [5, 5.41) is 0. The second kappa shape index (κ2) is 7.35. The van der Waals surface area contributed by atoms with Crippen molar-refractivity contribution in [2.45, 2.75) is 24.3 Å². The minimum Gasteiger partial charge on any atom is -0.278 e. The quantitative estimate of drug-likeness (QED) is 0.628. The molecule has 0 amide bonds. The van der Waals surface area contributed by atoms with E-state index >= 15 is 0 Å². The van der Waals surface area contributed by atoms with Crippen molar-refractivity contribution in [3.8, 4) is 0 Å². The molecule has 1 atom stereocenters. The highest BCUT2D eigenvalue weighted by Crippen LogP contribution is 2.21. The molecule has 1 N–H and O–H groups in total. The van der Waals surface area contributed by atoms with Crippen molar-refractivity contribution in [2.24, 2.45) is 0 Å². The van der Waals surface area contributed by atoms with E-state index in [1.165, 1.54) is 0 Å². The normalized spacial score (nSPS) is 12.8. The molecule has 22 heavy (non-hydrogen) atoms. The van der Waals surface area contributed by atoms with Gasteiger partial charge in [-0.3, -0.25) is 4.84 Å². The third-order valence-electron chi connectivity index (χ3n) is 3.18. The Morgan fingerprint density at radius 1 is 1.14 bits per heavy atom. The summed E-state index contributed by atoms with van der Waals surface area (Å²) in [6.45, 7) is 5.58. The summed E-state index contributed by atoms with van der Waals surface area (Å²) in [6, 6.07) is 16.0. The van der Waals surface area contributed by atoms with Gasteiger partial charge in [-0.1, -0.05) is 59.0 Å². The lowest BCUT2D eigenvalue weighted by Crippen LogP contribution is -2.26. The maximum atomic E-state index is 12.2. The zero-order valence-electron chi connectivity index (χ0n) is 12.4. The van der Waals surface area contributed by atoms with Crippen LogP contribution in [-0.2, 0) is 14.9 Å². The summed E-state index contributed by atoms with van der Waals surface area (Å²) in [6.07, 6.45) is 1.78. The van der Waals surface area contributed by atoms with Gasteiger partial charge in [0.15, 0.2) is 0 Å². The predicted octanol–water partition coefficient (Wildman–Crippen LogP) is 3.52. The maximum absolute atomic E-state index is 12.2.